The molecule has 0 bridgehead atoms. The first-order chi connectivity index (χ1) is 13.7. The van der Waals surface area contributed by atoms with Crippen molar-refractivity contribution < 1.29 is 13.9 Å². The minimum absolute atomic E-state index is 0.105. The fourth-order valence-corrected chi connectivity index (χ4v) is 3.32. The Labute approximate surface area is 161 Å². The summed E-state index contributed by atoms with van der Waals surface area (Å²) in [4.78, 5) is 23.2. The van der Waals surface area contributed by atoms with Crippen LogP contribution in [0.4, 0.5) is 4.39 Å². The van der Waals surface area contributed by atoms with Crippen molar-refractivity contribution in [3.8, 4) is 17.1 Å². The number of pyridine rings is 1. The smallest absolute Gasteiger partial charge is 0.261 e. The van der Waals surface area contributed by atoms with Gasteiger partial charge in [-0.25, -0.2) is 9.37 Å². The zero-order chi connectivity index (χ0) is 19.3. The van der Waals surface area contributed by atoms with Gasteiger partial charge in [-0.15, -0.1) is 0 Å². The minimum Gasteiger partial charge on any atom is -0.484 e. The third-order valence-electron chi connectivity index (χ3n) is 4.74. The summed E-state index contributed by atoms with van der Waals surface area (Å²) in [7, 11) is 0. The van der Waals surface area contributed by atoms with Crippen LogP contribution in [0.5, 0.6) is 5.75 Å². The molecule has 3 aromatic rings. The molecule has 1 saturated heterocycles. The second kappa shape index (κ2) is 8.16. The first-order valence-corrected chi connectivity index (χ1v) is 9.21. The van der Waals surface area contributed by atoms with E-state index < -0.39 is 0 Å². The third kappa shape index (κ3) is 4.00. The summed E-state index contributed by atoms with van der Waals surface area (Å²) in [5.74, 6) is 1.21. The minimum atomic E-state index is -0.343. The first kappa shape index (κ1) is 18.1. The molecule has 0 radical (unpaired) electrons. The van der Waals surface area contributed by atoms with Gasteiger partial charge in [0.2, 0.25) is 0 Å². The molecule has 8 heteroatoms. The van der Waals surface area contributed by atoms with Gasteiger partial charge < -0.3 is 9.64 Å². The topological polar surface area (TPSA) is 84.0 Å². The van der Waals surface area contributed by atoms with Gasteiger partial charge in [0, 0.05) is 24.5 Å². The second-order valence-electron chi connectivity index (χ2n) is 6.63. The number of carbonyl (C=O) groups is 1. The maximum atomic E-state index is 13.0. The SMILES string of the molecule is O=C(COc1ccc(F)cc1)N1CCCCC1c1nc(-c2cccnc2)n[nH]1. The lowest BCUT2D eigenvalue weighted by molar-refractivity contribution is -0.137. The van der Waals surface area contributed by atoms with Crippen molar-refractivity contribution in [2.24, 2.45) is 0 Å². The Bertz CT molecular complexity index is 929. The summed E-state index contributed by atoms with van der Waals surface area (Å²) < 4.78 is 18.5. The van der Waals surface area contributed by atoms with E-state index in [4.69, 9.17) is 4.74 Å². The van der Waals surface area contributed by atoms with Crippen molar-refractivity contribution in [3.05, 3.63) is 60.4 Å². The van der Waals surface area contributed by atoms with Gasteiger partial charge in [0.05, 0.1) is 6.04 Å². The van der Waals surface area contributed by atoms with Gasteiger partial charge in [-0.2, -0.15) is 5.10 Å². The number of carbonyl (C=O) groups excluding carboxylic acids is 1. The standard InChI is InChI=1S/C20H20FN5O2/c21-15-6-8-16(9-7-15)28-13-18(27)26-11-2-1-5-17(26)20-23-19(24-25-20)14-4-3-10-22-12-14/h3-4,6-10,12,17H,1-2,5,11,13H2,(H,23,24,25). The van der Waals surface area contributed by atoms with Gasteiger partial charge in [0.1, 0.15) is 17.4 Å². The van der Waals surface area contributed by atoms with E-state index in [1.54, 1.807) is 17.3 Å². The van der Waals surface area contributed by atoms with Gasteiger partial charge in [-0.1, -0.05) is 0 Å². The van der Waals surface area contributed by atoms with E-state index >= 15 is 0 Å². The van der Waals surface area contributed by atoms with E-state index in [1.165, 1.54) is 24.3 Å². The Morgan fingerprint density at radius 2 is 2.11 bits per heavy atom. The molecule has 1 amide bonds. The van der Waals surface area contributed by atoms with E-state index in [0.29, 0.717) is 23.9 Å². The van der Waals surface area contributed by atoms with E-state index in [2.05, 4.69) is 20.2 Å². The fraction of sp³-hybridized carbons (Fsp3) is 0.300. The van der Waals surface area contributed by atoms with Crippen LogP contribution < -0.4 is 4.74 Å². The van der Waals surface area contributed by atoms with E-state index in [1.807, 2.05) is 12.1 Å². The number of aromatic nitrogens is 4. The third-order valence-corrected chi connectivity index (χ3v) is 4.74. The van der Waals surface area contributed by atoms with Crippen LogP contribution in [0.25, 0.3) is 11.4 Å². The van der Waals surface area contributed by atoms with Gasteiger partial charge in [-0.05, 0) is 55.7 Å². The number of benzene rings is 1. The number of amides is 1. The van der Waals surface area contributed by atoms with Crippen LogP contribution in [0.2, 0.25) is 0 Å². The highest BCUT2D eigenvalue weighted by Gasteiger charge is 2.30. The molecule has 1 aromatic carbocycles. The molecule has 7 nitrogen and oxygen atoms in total. The molecular weight excluding hydrogens is 361 g/mol. The number of rotatable bonds is 5. The Hall–Kier alpha value is -3.29. The molecule has 1 atom stereocenters. The van der Waals surface area contributed by atoms with Gasteiger partial charge >= 0.3 is 0 Å². The lowest BCUT2D eigenvalue weighted by Gasteiger charge is -2.34. The molecule has 1 aliphatic heterocycles. The van der Waals surface area contributed by atoms with E-state index in [0.717, 1.165) is 24.8 Å². The largest absolute Gasteiger partial charge is 0.484 e. The Morgan fingerprint density at radius 3 is 2.89 bits per heavy atom. The number of piperidine rings is 1. The summed E-state index contributed by atoms with van der Waals surface area (Å²) in [5.41, 5.74) is 0.818. The van der Waals surface area contributed by atoms with Crippen LogP contribution in [-0.2, 0) is 4.79 Å². The monoisotopic (exact) mass is 381 g/mol. The van der Waals surface area contributed by atoms with E-state index in [9.17, 15) is 9.18 Å². The molecule has 3 heterocycles. The lowest BCUT2D eigenvalue weighted by Crippen LogP contribution is -2.41. The molecule has 4 rings (SSSR count). The molecule has 0 spiro atoms. The quantitative estimate of drug-likeness (QED) is 0.734. The van der Waals surface area contributed by atoms with Crippen molar-refractivity contribution >= 4 is 5.91 Å². The number of hydrogen-bond donors (Lipinski definition) is 1. The number of H-pyrrole nitrogens is 1. The van der Waals surface area contributed by atoms with Crippen molar-refractivity contribution in [2.75, 3.05) is 13.2 Å². The zero-order valence-corrected chi connectivity index (χ0v) is 15.2. The van der Waals surface area contributed by atoms with Crippen LogP contribution in [0.15, 0.2) is 48.8 Å². The maximum Gasteiger partial charge on any atom is 0.261 e. The number of hydrogen-bond acceptors (Lipinski definition) is 5. The molecule has 0 saturated carbocycles. The molecular formula is C20H20FN5O2. The van der Waals surface area contributed by atoms with Crippen LogP contribution >= 0.6 is 0 Å². The number of halogens is 1. The van der Waals surface area contributed by atoms with Crippen molar-refractivity contribution in [1.29, 1.82) is 0 Å². The molecule has 144 valence electrons. The number of ether oxygens (including phenoxy) is 1. The Morgan fingerprint density at radius 1 is 1.25 bits per heavy atom. The second-order valence-corrected chi connectivity index (χ2v) is 6.63. The normalized spacial score (nSPS) is 16.8. The van der Waals surface area contributed by atoms with Crippen molar-refractivity contribution in [2.45, 2.75) is 25.3 Å². The van der Waals surface area contributed by atoms with Crippen LogP contribution in [0.3, 0.4) is 0 Å². The average molecular weight is 381 g/mol. The average Bonchev–Trinajstić information content (AvgIpc) is 3.24. The maximum absolute atomic E-state index is 13.0. The molecule has 1 N–H and O–H groups in total. The zero-order valence-electron chi connectivity index (χ0n) is 15.2. The first-order valence-electron chi connectivity index (χ1n) is 9.21. The molecule has 1 aliphatic rings. The Balaban J connectivity index is 1.46. The van der Waals surface area contributed by atoms with E-state index in [-0.39, 0.29) is 24.4 Å². The Kier molecular flexibility index (Phi) is 5.27. The molecule has 28 heavy (non-hydrogen) atoms. The number of likely N-dealkylation sites (tertiary alicyclic amines) is 1. The fourth-order valence-electron chi connectivity index (χ4n) is 3.32. The summed E-state index contributed by atoms with van der Waals surface area (Å²) in [5, 5.41) is 7.25. The summed E-state index contributed by atoms with van der Waals surface area (Å²) in [6.07, 6.45) is 6.15. The van der Waals surface area contributed by atoms with Crippen LogP contribution in [0, 0.1) is 5.82 Å². The predicted molar refractivity (Wildman–Crippen MR) is 99.8 cm³/mol. The van der Waals surface area contributed by atoms with Crippen LogP contribution in [0.1, 0.15) is 31.1 Å². The van der Waals surface area contributed by atoms with Gasteiger partial charge in [0.15, 0.2) is 12.4 Å². The number of nitrogens with zero attached hydrogens (tertiary/aromatic N) is 4. The summed E-state index contributed by atoms with van der Waals surface area (Å²) >= 11 is 0. The molecule has 2 aromatic heterocycles. The number of aromatic amines is 1. The lowest BCUT2D eigenvalue weighted by atomic mass is 10.0. The van der Waals surface area contributed by atoms with Crippen LogP contribution in [-0.4, -0.2) is 44.1 Å². The van der Waals surface area contributed by atoms with Crippen molar-refractivity contribution in [3.63, 3.8) is 0 Å². The molecule has 1 unspecified atom stereocenters. The molecule has 0 aliphatic carbocycles. The predicted octanol–water partition coefficient (Wildman–Crippen LogP) is 3.14. The highest BCUT2D eigenvalue weighted by Crippen LogP contribution is 2.30. The highest BCUT2D eigenvalue weighted by molar-refractivity contribution is 5.78. The van der Waals surface area contributed by atoms with Gasteiger partial charge in [0.25, 0.3) is 5.91 Å². The summed E-state index contributed by atoms with van der Waals surface area (Å²) in [6.45, 7) is 0.533. The van der Waals surface area contributed by atoms with Crippen molar-refractivity contribution in [1.82, 2.24) is 25.1 Å². The highest BCUT2D eigenvalue weighted by atomic mass is 19.1. The molecule has 1 fully saturated rings. The van der Waals surface area contributed by atoms with Gasteiger partial charge in [-0.3, -0.25) is 14.9 Å². The number of nitrogens with one attached hydrogen (secondary N) is 1. The summed E-state index contributed by atoms with van der Waals surface area (Å²) in [6, 6.07) is 9.17.